The highest BCUT2D eigenvalue weighted by atomic mass is 35.5. The van der Waals surface area contributed by atoms with Gasteiger partial charge in [0.1, 0.15) is 16.6 Å². The molecule has 0 saturated carbocycles. The van der Waals surface area contributed by atoms with Crippen LogP contribution >= 0.6 is 34.5 Å². The Morgan fingerprint density at radius 1 is 1.30 bits per heavy atom. The highest BCUT2D eigenvalue weighted by molar-refractivity contribution is 7.17. The van der Waals surface area contributed by atoms with Gasteiger partial charge >= 0.3 is 5.97 Å². The van der Waals surface area contributed by atoms with E-state index < -0.39 is 17.4 Å². The Morgan fingerprint density at radius 3 is 2.78 bits per heavy atom. The maximum Gasteiger partial charge on any atom is 0.341 e. The summed E-state index contributed by atoms with van der Waals surface area (Å²) >= 11 is 12.9. The number of nitrogens with one attached hydrogen (secondary N) is 1. The fourth-order valence-electron chi connectivity index (χ4n) is 3.01. The van der Waals surface area contributed by atoms with Gasteiger partial charge in [-0.2, -0.15) is 5.10 Å². The van der Waals surface area contributed by atoms with Crippen molar-refractivity contribution in [3.8, 4) is 0 Å². The SMILES string of the molecule is COC(=O)c1c(NC(=O)Cn2ncc(Cl)c(Cl)c2=O)sc2c1CCCCC2. The van der Waals surface area contributed by atoms with Crippen LogP contribution in [0, 0.1) is 0 Å². The van der Waals surface area contributed by atoms with E-state index in [1.807, 2.05) is 0 Å². The minimum Gasteiger partial charge on any atom is -0.465 e. The second kappa shape index (κ2) is 8.41. The number of esters is 1. The van der Waals surface area contributed by atoms with Crippen LogP contribution in [0.3, 0.4) is 0 Å². The molecule has 2 aromatic rings. The Labute approximate surface area is 169 Å². The third-order valence-electron chi connectivity index (χ3n) is 4.30. The lowest BCUT2D eigenvalue weighted by Gasteiger charge is -2.08. The van der Waals surface area contributed by atoms with Gasteiger partial charge in [0.25, 0.3) is 5.56 Å². The van der Waals surface area contributed by atoms with Gasteiger partial charge in [0.15, 0.2) is 0 Å². The zero-order valence-electron chi connectivity index (χ0n) is 14.5. The number of methoxy groups -OCH3 is 1. The van der Waals surface area contributed by atoms with E-state index >= 15 is 0 Å². The van der Waals surface area contributed by atoms with E-state index in [9.17, 15) is 14.4 Å². The summed E-state index contributed by atoms with van der Waals surface area (Å²) in [5.74, 6) is -0.973. The van der Waals surface area contributed by atoms with E-state index in [2.05, 4.69) is 10.4 Å². The summed E-state index contributed by atoms with van der Waals surface area (Å²) in [5.41, 5.74) is 0.696. The highest BCUT2D eigenvalue weighted by Gasteiger charge is 2.26. The van der Waals surface area contributed by atoms with Crippen LogP contribution in [0.5, 0.6) is 0 Å². The highest BCUT2D eigenvalue weighted by Crippen LogP contribution is 2.37. The fraction of sp³-hybridized carbons (Fsp3) is 0.412. The lowest BCUT2D eigenvalue weighted by atomic mass is 10.1. The molecule has 0 aliphatic heterocycles. The number of fused-ring (bicyclic) bond motifs is 1. The molecule has 0 radical (unpaired) electrons. The lowest BCUT2D eigenvalue weighted by molar-refractivity contribution is -0.117. The summed E-state index contributed by atoms with van der Waals surface area (Å²) in [7, 11) is 1.31. The molecule has 7 nitrogen and oxygen atoms in total. The molecule has 0 unspecified atom stereocenters. The number of anilines is 1. The molecule has 2 aromatic heterocycles. The maximum atomic E-state index is 12.4. The van der Waals surface area contributed by atoms with Gasteiger partial charge in [-0.1, -0.05) is 29.6 Å². The van der Waals surface area contributed by atoms with Crippen molar-refractivity contribution >= 4 is 51.4 Å². The topological polar surface area (TPSA) is 90.3 Å². The second-order valence-electron chi connectivity index (χ2n) is 6.08. The van der Waals surface area contributed by atoms with Crippen LogP contribution in [0.15, 0.2) is 11.0 Å². The number of carbonyl (C=O) groups is 2. The average molecular weight is 430 g/mol. The molecule has 0 saturated heterocycles. The molecule has 1 N–H and O–H groups in total. The minimum atomic E-state index is -0.658. The first-order valence-corrected chi connectivity index (χ1v) is 9.93. The molecule has 1 aliphatic rings. The number of rotatable bonds is 4. The number of hydrogen-bond donors (Lipinski definition) is 1. The van der Waals surface area contributed by atoms with Gasteiger partial charge in [-0.3, -0.25) is 9.59 Å². The smallest absolute Gasteiger partial charge is 0.341 e. The third-order valence-corrected chi connectivity index (χ3v) is 6.26. The van der Waals surface area contributed by atoms with Gasteiger partial charge in [-0.05, 0) is 31.2 Å². The minimum absolute atomic E-state index is 0.0216. The van der Waals surface area contributed by atoms with Gasteiger partial charge in [-0.25, -0.2) is 9.48 Å². The van der Waals surface area contributed by atoms with E-state index in [1.54, 1.807) is 0 Å². The predicted octanol–water partition coefficient (Wildman–Crippen LogP) is 3.31. The zero-order valence-corrected chi connectivity index (χ0v) is 16.8. The third kappa shape index (κ3) is 4.17. The van der Waals surface area contributed by atoms with Crippen LogP contribution in [0.25, 0.3) is 0 Å². The van der Waals surface area contributed by atoms with Crippen LogP contribution < -0.4 is 10.9 Å². The normalized spacial score (nSPS) is 13.6. The van der Waals surface area contributed by atoms with Crippen molar-refractivity contribution in [2.75, 3.05) is 12.4 Å². The summed E-state index contributed by atoms with van der Waals surface area (Å²) < 4.78 is 5.82. The molecular weight excluding hydrogens is 413 g/mol. The predicted molar refractivity (Wildman–Crippen MR) is 104 cm³/mol. The Morgan fingerprint density at radius 2 is 2.04 bits per heavy atom. The molecule has 0 aromatic carbocycles. The van der Waals surface area contributed by atoms with E-state index in [1.165, 1.54) is 24.6 Å². The van der Waals surface area contributed by atoms with Crippen molar-refractivity contribution < 1.29 is 14.3 Å². The van der Waals surface area contributed by atoms with Crippen LogP contribution in [-0.4, -0.2) is 28.8 Å². The number of amides is 1. The molecule has 0 spiro atoms. The first-order valence-electron chi connectivity index (χ1n) is 8.36. The standard InChI is InChI=1S/C17H17Cl2N3O4S/c1-26-17(25)13-9-5-3-2-4-6-11(9)27-15(13)21-12(23)8-22-16(24)14(19)10(18)7-20-22/h7H,2-6,8H2,1H3,(H,21,23). The molecule has 1 amide bonds. The summed E-state index contributed by atoms with van der Waals surface area (Å²) in [6.07, 6.45) is 5.99. The Hall–Kier alpha value is -1.90. The van der Waals surface area contributed by atoms with Crippen LogP contribution in [0.1, 0.15) is 40.1 Å². The average Bonchev–Trinajstić information content (AvgIpc) is 2.82. The van der Waals surface area contributed by atoms with E-state index in [0.717, 1.165) is 47.2 Å². The van der Waals surface area contributed by atoms with Gasteiger partial charge in [0.05, 0.1) is 23.9 Å². The Kier molecular flexibility index (Phi) is 6.18. The molecule has 144 valence electrons. The van der Waals surface area contributed by atoms with Gasteiger partial charge in [-0.15, -0.1) is 11.3 Å². The summed E-state index contributed by atoms with van der Waals surface area (Å²) in [6, 6.07) is 0. The van der Waals surface area contributed by atoms with E-state index in [4.69, 9.17) is 27.9 Å². The molecule has 10 heteroatoms. The monoisotopic (exact) mass is 429 g/mol. The Balaban J connectivity index is 1.87. The summed E-state index contributed by atoms with van der Waals surface area (Å²) in [6.45, 7) is -0.348. The zero-order chi connectivity index (χ0) is 19.6. The molecule has 1 aliphatic carbocycles. The summed E-state index contributed by atoms with van der Waals surface area (Å²) in [4.78, 5) is 37.9. The molecule has 0 fully saturated rings. The van der Waals surface area contributed by atoms with E-state index in [-0.39, 0.29) is 16.6 Å². The number of aryl methyl sites for hydroxylation is 1. The number of halogens is 2. The quantitative estimate of drug-likeness (QED) is 0.594. The van der Waals surface area contributed by atoms with Gasteiger partial charge in [0, 0.05) is 4.88 Å². The van der Waals surface area contributed by atoms with Gasteiger partial charge in [0.2, 0.25) is 5.91 Å². The van der Waals surface area contributed by atoms with Crippen molar-refractivity contribution in [3.63, 3.8) is 0 Å². The molecule has 0 atom stereocenters. The fourth-order valence-corrected chi connectivity index (χ4v) is 4.57. The number of ether oxygens (including phenoxy) is 1. The van der Waals surface area contributed by atoms with Crippen molar-refractivity contribution in [3.05, 3.63) is 42.6 Å². The Bertz CT molecular complexity index is 954. The number of carbonyl (C=O) groups excluding carboxylic acids is 2. The first-order chi connectivity index (χ1) is 12.9. The van der Waals surface area contributed by atoms with Crippen molar-refractivity contribution in [2.24, 2.45) is 0 Å². The van der Waals surface area contributed by atoms with Crippen molar-refractivity contribution in [1.82, 2.24) is 9.78 Å². The first kappa shape index (κ1) is 19.9. The van der Waals surface area contributed by atoms with Crippen LogP contribution in [0.4, 0.5) is 5.00 Å². The number of nitrogens with zero attached hydrogens (tertiary/aromatic N) is 2. The number of hydrogen-bond acceptors (Lipinski definition) is 6. The van der Waals surface area contributed by atoms with Crippen molar-refractivity contribution in [2.45, 2.75) is 38.6 Å². The van der Waals surface area contributed by atoms with Crippen LogP contribution in [-0.2, 0) is 28.9 Å². The lowest BCUT2D eigenvalue weighted by Crippen LogP contribution is -2.30. The number of thiophene rings is 1. The van der Waals surface area contributed by atoms with Crippen LogP contribution in [0.2, 0.25) is 10.0 Å². The molecule has 0 bridgehead atoms. The molecular formula is C17H17Cl2N3O4S. The molecule has 2 heterocycles. The molecule has 3 rings (SSSR count). The summed E-state index contributed by atoms with van der Waals surface area (Å²) in [5, 5.41) is 6.79. The molecule has 27 heavy (non-hydrogen) atoms. The van der Waals surface area contributed by atoms with Crippen molar-refractivity contribution in [1.29, 1.82) is 0 Å². The number of aromatic nitrogens is 2. The van der Waals surface area contributed by atoms with Gasteiger partial charge < -0.3 is 10.1 Å². The largest absolute Gasteiger partial charge is 0.465 e. The van der Waals surface area contributed by atoms with E-state index in [0.29, 0.717) is 10.6 Å². The second-order valence-corrected chi connectivity index (χ2v) is 7.97. The maximum absolute atomic E-state index is 12.4.